The Bertz CT molecular complexity index is 1310. The Balaban J connectivity index is 1.37. The Labute approximate surface area is 194 Å². The monoisotopic (exact) mass is 466 g/mol. The van der Waals surface area contributed by atoms with E-state index in [9.17, 15) is 9.18 Å². The third-order valence-corrected chi connectivity index (χ3v) is 6.56. The average Bonchev–Trinajstić information content (AvgIpc) is 3.36. The molecule has 0 bridgehead atoms. The fraction of sp³-hybridized carbons (Fsp3) is 0.269. The smallest absolute Gasteiger partial charge is 0.336 e. The van der Waals surface area contributed by atoms with Gasteiger partial charge in [-0.1, -0.05) is 12.1 Å². The molecule has 5 rings (SSSR count). The van der Waals surface area contributed by atoms with Gasteiger partial charge in [-0.05, 0) is 58.1 Å². The maximum Gasteiger partial charge on any atom is 0.336 e. The van der Waals surface area contributed by atoms with Crippen LogP contribution >= 0.6 is 11.3 Å². The van der Waals surface area contributed by atoms with Gasteiger partial charge in [0.2, 0.25) is 0 Å². The normalized spacial score (nSPS) is 18.5. The summed E-state index contributed by atoms with van der Waals surface area (Å²) in [5, 5.41) is 4.82. The van der Waals surface area contributed by atoms with Gasteiger partial charge in [-0.15, -0.1) is 0 Å². The number of benzene rings is 2. The molecule has 2 aromatic carbocycles. The van der Waals surface area contributed by atoms with E-state index in [-0.39, 0.29) is 24.6 Å². The number of methoxy groups -OCH3 is 1. The minimum atomic E-state index is -0.404. The molecular formula is C26H23FO5S. The highest BCUT2D eigenvalue weighted by molar-refractivity contribution is 7.08. The van der Waals surface area contributed by atoms with E-state index in [1.165, 1.54) is 18.2 Å². The zero-order valence-electron chi connectivity index (χ0n) is 18.1. The first-order chi connectivity index (χ1) is 16.1. The van der Waals surface area contributed by atoms with Crippen LogP contribution in [0.4, 0.5) is 4.39 Å². The molecule has 1 aliphatic rings. The van der Waals surface area contributed by atoms with E-state index in [0.717, 1.165) is 34.1 Å². The maximum atomic E-state index is 14.3. The molecular weight excluding hydrogens is 443 g/mol. The number of fused-ring (bicyclic) bond motifs is 1. The molecule has 7 heteroatoms. The Kier molecular flexibility index (Phi) is 6.26. The topological polar surface area (TPSA) is 57.9 Å². The number of hydrogen-bond donors (Lipinski definition) is 0. The van der Waals surface area contributed by atoms with Crippen LogP contribution in [0.25, 0.3) is 22.1 Å². The van der Waals surface area contributed by atoms with Gasteiger partial charge < -0.3 is 18.6 Å². The summed E-state index contributed by atoms with van der Waals surface area (Å²) >= 11 is 1.57. The van der Waals surface area contributed by atoms with Crippen molar-refractivity contribution in [1.82, 2.24) is 0 Å². The van der Waals surface area contributed by atoms with E-state index in [4.69, 9.17) is 18.6 Å². The fourth-order valence-electron chi connectivity index (χ4n) is 4.19. The second-order valence-corrected chi connectivity index (χ2v) is 8.85. The first-order valence-corrected chi connectivity index (χ1v) is 11.7. The SMILES string of the molecule is COC1CCOC(c2cc(F)cc(OCc3ccc4c(-c5ccsc5)cc(=O)oc4c3)c2)C1. The molecule has 2 atom stereocenters. The number of ether oxygens (including phenoxy) is 3. The third kappa shape index (κ3) is 4.85. The summed E-state index contributed by atoms with van der Waals surface area (Å²) < 4.78 is 36.9. The predicted molar refractivity (Wildman–Crippen MR) is 125 cm³/mol. The number of thiophene rings is 1. The van der Waals surface area contributed by atoms with Gasteiger partial charge in [0.25, 0.3) is 0 Å². The van der Waals surface area contributed by atoms with Crippen LogP contribution in [0.1, 0.15) is 30.1 Å². The Hall–Kier alpha value is -3.00. The van der Waals surface area contributed by atoms with Gasteiger partial charge in [-0.25, -0.2) is 9.18 Å². The van der Waals surface area contributed by atoms with Crippen LogP contribution in [0.2, 0.25) is 0 Å². The molecule has 0 aliphatic carbocycles. The van der Waals surface area contributed by atoms with Crippen LogP contribution in [0.5, 0.6) is 5.75 Å². The Morgan fingerprint density at radius 1 is 1.15 bits per heavy atom. The van der Waals surface area contributed by atoms with Crippen LogP contribution in [-0.4, -0.2) is 19.8 Å². The van der Waals surface area contributed by atoms with Crippen LogP contribution < -0.4 is 10.4 Å². The average molecular weight is 467 g/mol. The molecule has 2 aromatic heterocycles. The van der Waals surface area contributed by atoms with E-state index in [2.05, 4.69) is 0 Å². The lowest BCUT2D eigenvalue weighted by Crippen LogP contribution is -2.25. The summed E-state index contributed by atoms with van der Waals surface area (Å²) in [4.78, 5) is 12.1. The van der Waals surface area contributed by atoms with Gasteiger partial charge in [-0.2, -0.15) is 11.3 Å². The molecule has 170 valence electrons. The summed E-state index contributed by atoms with van der Waals surface area (Å²) in [6, 6.07) is 13.8. The van der Waals surface area contributed by atoms with Gasteiger partial charge in [0.05, 0.1) is 12.2 Å². The zero-order valence-corrected chi connectivity index (χ0v) is 18.9. The highest BCUT2D eigenvalue weighted by atomic mass is 32.1. The van der Waals surface area contributed by atoms with Crippen molar-refractivity contribution in [2.45, 2.75) is 31.7 Å². The van der Waals surface area contributed by atoms with Crippen LogP contribution in [-0.2, 0) is 16.1 Å². The maximum absolute atomic E-state index is 14.3. The van der Waals surface area contributed by atoms with Crippen LogP contribution in [0.15, 0.2) is 68.5 Å². The molecule has 1 fully saturated rings. The van der Waals surface area contributed by atoms with Crippen molar-refractivity contribution >= 4 is 22.3 Å². The van der Waals surface area contributed by atoms with E-state index < -0.39 is 5.63 Å². The molecule has 3 heterocycles. The van der Waals surface area contributed by atoms with Crippen molar-refractivity contribution in [1.29, 1.82) is 0 Å². The van der Waals surface area contributed by atoms with Gasteiger partial charge >= 0.3 is 5.63 Å². The minimum absolute atomic E-state index is 0.0996. The molecule has 0 saturated carbocycles. The van der Waals surface area contributed by atoms with E-state index in [1.807, 2.05) is 35.0 Å². The van der Waals surface area contributed by atoms with Gasteiger partial charge in [0.15, 0.2) is 0 Å². The molecule has 0 N–H and O–H groups in total. The lowest BCUT2D eigenvalue weighted by Gasteiger charge is -2.29. The number of rotatable bonds is 6. The molecule has 4 aromatic rings. The fourth-order valence-corrected chi connectivity index (χ4v) is 4.84. The molecule has 0 spiro atoms. The molecule has 0 radical (unpaired) electrons. The lowest BCUT2D eigenvalue weighted by atomic mass is 9.99. The minimum Gasteiger partial charge on any atom is -0.489 e. The molecule has 1 aliphatic heterocycles. The summed E-state index contributed by atoms with van der Waals surface area (Å²) in [6.45, 7) is 0.781. The molecule has 33 heavy (non-hydrogen) atoms. The molecule has 0 amide bonds. The second-order valence-electron chi connectivity index (χ2n) is 8.07. The third-order valence-electron chi connectivity index (χ3n) is 5.88. The Morgan fingerprint density at radius 3 is 2.88 bits per heavy atom. The summed E-state index contributed by atoms with van der Waals surface area (Å²) in [5.41, 5.74) is 3.45. The van der Waals surface area contributed by atoms with Gasteiger partial charge in [0.1, 0.15) is 23.8 Å². The van der Waals surface area contributed by atoms with E-state index in [0.29, 0.717) is 24.4 Å². The predicted octanol–water partition coefficient (Wildman–Crippen LogP) is 6.11. The lowest BCUT2D eigenvalue weighted by molar-refractivity contribution is -0.0600. The summed E-state index contributed by atoms with van der Waals surface area (Å²) in [5.74, 6) is 0.0391. The number of halogens is 1. The quantitative estimate of drug-likeness (QED) is 0.321. The largest absolute Gasteiger partial charge is 0.489 e. The van der Waals surface area contributed by atoms with Crippen LogP contribution in [0, 0.1) is 5.82 Å². The van der Waals surface area contributed by atoms with Gasteiger partial charge in [-0.3, -0.25) is 0 Å². The van der Waals surface area contributed by atoms with Crippen LogP contribution in [0.3, 0.4) is 0 Å². The van der Waals surface area contributed by atoms with E-state index in [1.54, 1.807) is 24.5 Å². The van der Waals surface area contributed by atoms with Gasteiger partial charge in [0, 0.05) is 43.2 Å². The number of hydrogen-bond acceptors (Lipinski definition) is 6. The van der Waals surface area contributed by atoms with Crippen molar-refractivity contribution < 1.29 is 23.0 Å². The zero-order chi connectivity index (χ0) is 22.8. The summed E-state index contributed by atoms with van der Waals surface area (Å²) in [7, 11) is 1.68. The highest BCUT2D eigenvalue weighted by Gasteiger charge is 2.24. The van der Waals surface area contributed by atoms with Crippen molar-refractivity contribution in [3.05, 3.63) is 86.7 Å². The first-order valence-electron chi connectivity index (χ1n) is 10.8. The second kappa shape index (κ2) is 9.47. The Morgan fingerprint density at radius 2 is 2.06 bits per heavy atom. The molecule has 1 saturated heterocycles. The van der Waals surface area contributed by atoms with Crippen molar-refractivity contribution in [3.63, 3.8) is 0 Å². The highest BCUT2D eigenvalue weighted by Crippen LogP contribution is 2.33. The van der Waals surface area contributed by atoms with E-state index >= 15 is 0 Å². The summed E-state index contributed by atoms with van der Waals surface area (Å²) in [6.07, 6.45) is 1.38. The van der Waals surface area contributed by atoms with Crippen molar-refractivity contribution in [3.8, 4) is 16.9 Å². The first kappa shape index (κ1) is 21.8. The molecule has 2 unspecified atom stereocenters. The standard InChI is InChI=1S/C26H23FO5S/c1-29-20-4-6-30-24(12-20)18-9-19(27)11-21(10-18)31-14-16-2-3-22-23(17-5-7-33-15-17)13-26(28)32-25(22)8-16/h2-3,5,7-11,13,15,20,24H,4,6,12,14H2,1H3. The molecule has 5 nitrogen and oxygen atoms in total. The van der Waals surface area contributed by atoms with Crippen molar-refractivity contribution in [2.75, 3.05) is 13.7 Å². The van der Waals surface area contributed by atoms with Crippen molar-refractivity contribution in [2.24, 2.45) is 0 Å².